The summed E-state index contributed by atoms with van der Waals surface area (Å²) in [7, 11) is 0. The summed E-state index contributed by atoms with van der Waals surface area (Å²) in [4.78, 5) is 17.7. The summed E-state index contributed by atoms with van der Waals surface area (Å²) in [6.07, 6.45) is 1.77. The number of carbonyl (C=O) groups excluding carboxylic acids is 1. The maximum atomic E-state index is 11.9. The van der Waals surface area contributed by atoms with Crippen LogP contribution < -0.4 is 16.4 Å². The van der Waals surface area contributed by atoms with Crippen molar-refractivity contribution in [2.45, 2.75) is 25.8 Å². The summed E-state index contributed by atoms with van der Waals surface area (Å²) in [5.74, 6) is -0.426. The highest BCUT2D eigenvalue weighted by Crippen LogP contribution is 2.26. The molecule has 1 unspecified atom stereocenters. The minimum absolute atomic E-state index is 0.170. The Morgan fingerprint density at radius 2 is 2.22 bits per heavy atom. The molecule has 0 spiro atoms. The second-order valence-electron chi connectivity index (χ2n) is 4.57. The molecule has 5 heteroatoms. The van der Waals surface area contributed by atoms with Gasteiger partial charge >= 0.3 is 0 Å². The third-order valence-corrected chi connectivity index (χ3v) is 3.11. The van der Waals surface area contributed by atoms with Crippen molar-refractivity contribution in [1.29, 1.82) is 0 Å². The molecule has 1 heterocycles. The van der Waals surface area contributed by atoms with E-state index in [1.54, 1.807) is 0 Å². The first-order valence-electron chi connectivity index (χ1n) is 6.05. The minimum Gasteiger partial charge on any atom is -0.370 e. The summed E-state index contributed by atoms with van der Waals surface area (Å²) >= 11 is 0. The van der Waals surface area contributed by atoms with Crippen LogP contribution in [0.1, 0.15) is 18.4 Å². The van der Waals surface area contributed by atoms with E-state index < -0.39 is 0 Å². The largest absolute Gasteiger partial charge is 0.370 e. The van der Waals surface area contributed by atoms with Crippen molar-refractivity contribution in [2.24, 2.45) is 16.5 Å². The van der Waals surface area contributed by atoms with Crippen LogP contribution in [0.4, 0.5) is 5.69 Å². The summed E-state index contributed by atoms with van der Waals surface area (Å²) in [6.45, 7) is 2.90. The van der Waals surface area contributed by atoms with Crippen LogP contribution in [-0.4, -0.2) is 24.5 Å². The number of carbonyl (C=O) groups is 1. The number of benzene rings is 1. The van der Waals surface area contributed by atoms with Crippen molar-refractivity contribution in [1.82, 2.24) is 0 Å². The summed E-state index contributed by atoms with van der Waals surface area (Å²) in [5, 5.41) is 0. The molecule has 1 atom stereocenters. The molecular weight excluding hydrogens is 228 g/mol. The fourth-order valence-electron chi connectivity index (χ4n) is 2.34. The highest BCUT2D eigenvalue weighted by atomic mass is 16.2. The topological polar surface area (TPSA) is 84.7 Å². The molecule has 0 saturated carbocycles. The number of hydrogen-bond donors (Lipinski definition) is 2. The number of amides is 1. The SMILES string of the molecule is Cc1cccc(N2CCCC2C(=O)N=C(N)N)c1. The van der Waals surface area contributed by atoms with Crippen molar-refractivity contribution >= 4 is 17.6 Å². The van der Waals surface area contributed by atoms with Crippen molar-refractivity contribution < 1.29 is 4.79 Å². The Morgan fingerprint density at radius 3 is 2.89 bits per heavy atom. The van der Waals surface area contributed by atoms with Gasteiger partial charge in [0.15, 0.2) is 5.96 Å². The van der Waals surface area contributed by atoms with Crippen LogP contribution in [0.25, 0.3) is 0 Å². The van der Waals surface area contributed by atoms with Gasteiger partial charge in [0.1, 0.15) is 6.04 Å². The lowest BCUT2D eigenvalue weighted by Gasteiger charge is -2.24. The smallest absolute Gasteiger partial charge is 0.271 e. The molecule has 1 saturated heterocycles. The lowest BCUT2D eigenvalue weighted by Crippen LogP contribution is -2.37. The highest BCUT2D eigenvalue weighted by Gasteiger charge is 2.30. The fourth-order valence-corrected chi connectivity index (χ4v) is 2.34. The summed E-state index contributed by atoms with van der Waals surface area (Å²) < 4.78 is 0. The van der Waals surface area contributed by atoms with Gasteiger partial charge in [-0.1, -0.05) is 12.1 Å². The van der Waals surface area contributed by atoms with Gasteiger partial charge in [0, 0.05) is 12.2 Å². The van der Waals surface area contributed by atoms with Crippen molar-refractivity contribution in [3.05, 3.63) is 29.8 Å². The first-order valence-corrected chi connectivity index (χ1v) is 6.05. The van der Waals surface area contributed by atoms with Gasteiger partial charge in [0.2, 0.25) is 0 Å². The van der Waals surface area contributed by atoms with Gasteiger partial charge in [-0.3, -0.25) is 4.79 Å². The van der Waals surface area contributed by atoms with Crippen LogP contribution >= 0.6 is 0 Å². The quantitative estimate of drug-likeness (QED) is 0.596. The molecule has 0 aliphatic carbocycles. The maximum absolute atomic E-state index is 11.9. The number of rotatable bonds is 2. The molecule has 2 rings (SSSR count). The van der Waals surface area contributed by atoms with Gasteiger partial charge in [-0.05, 0) is 37.5 Å². The first kappa shape index (κ1) is 12.4. The Kier molecular flexibility index (Phi) is 3.50. The van der Waals surface area contributed by atoms with Crippen LogP contribution in [0.5, 0.6) is 0 Å². The van der Waals surface area contributed by atoms with Gasteiger partial charge in [-0.2, -0.15) is 4.99 Å². The van der Waals surface area contributed by atoms with E-state index in [1.807, 2.05) is 25.1 Å². The number of aryl methyl sites for hydroxylation is 1. The van der Waals surface area contributed by atoms with Crippen LogP contribution in [0.3, 0.4) is 0 Å². The number of nitrogens with zero attached hydrogens (tertiary/aromatic N) is 2. The average Bonchev–Trinajstić information content (AvgIpc) is 2.76. The molecule has 0 radical (unpaired) electrons. The molecule has 1 aromatic carbocycles. The van der Waals surface area contributed by atoms with E-state index in [-0.39, 0.29) is 17.9 Å². The number of hydrogen-bond acceptors (Lipinski definition) is 2. The van der Waals surface area contributed by atoms with Crippen LogP contribution in [0, 0.1) is 6.92 Å². The van der Waals surface area contributed by atoms with E-state index in [0.29, 0.717) is 0 Å². The van der Waals surface area contributed by atoms with Gasteiger partial charge < -0.3 is 16.4 Å². The van der Waals surface area contributed by atoms with E-state index in [1.165, 1.54) is 5.56 Å². The zero-order valence-corrected chi connectivity index (χ0v) is 10.5. The predicted molar refractivity (Wildman–Crippen MR) is 72.4 cm³/mol. The summed E-state index contributed by atoms with van der Waals surface area (Å²) in [5.41, 5.74) is 12.7. The number of aliphatic imine (C=N–C) groups is 1. The molecule has 1 aliphatic rings. The Bertz CT molecular complexity index is 480. The van der Waals surface area contributed by atoms with Crippen molar-refractivity contribution in [3.63, 3.8) is 0 Å². The van der Waals surface area contributed by atoms with Gasteiger partial charge in [-0.15, -0.1) is 0 Å². The molecule has 0 bridgehead atoms. The minimum atomic E-state index is -0.256. The maximum Gasteiger partial charge on any atom is 0.271 e. The van der Waals surface area contributed by atoms with Crippen molar-refractivity contribution in [2.75, 3.05) is 11.4 Å². The molecule has 1 amide bonds. The van der Waals surface area contributed by atoms with E-state index in [4.69, 9.17) is 11.5 Å². The second kappa shape index (κ2) is 5.08. The molecule has 1 aromatic rings. The monoisotopic (exact) mass is 246 g/mol. The number of anilines is 1. The summed E-state index contributed by atoms with van der Waals surface area (Å²) in [6, 6.07) is 7.86. The van der Waals surface area contributed by atoms with Crippen LogP contribution in [0.15, 0.2) is 29.3 Å². The number of nitrogens with two attached hydrogens (primary N) is 2. The molecule has 5 nitrogen and oxygen atoms in total. The van der Waals surface area contributed by atoms with Crippen LogP contribution in [-0.2, 0) is 4.79 Å². The van der Waals surface area contributed by atoms with E-state index in [9.17, 15) is 4.79 Å². The Hall–Kier alpha value is -2.04. The van der Waals surface area contributed by atoms with Crippen molar-refractivity contribution in [3.8, 4) is 0 Å². The lowest BCUT2D eigenvalue weighted by atomic mass is 10.1. The molecule has 18 heavy (non-hydrogen) atoms. The zero-order valence-electron chi connectivity index (χ0n) is 10.5. The molecule has 0 aromatic heterocycles. The van der Waals surface area contributed by atoms with Gasteiger partial charge in [0.05, 0.1) is 0 Å². The van der Waals surface area contributed by atoms with Crippen LogP contribution in [0.2, 0.25) is 0 Å². The van der Waals surface area contributed by atoms with E-state index >= 15 is 0 Å². The molecular formula is C13H18N4O. The van der Waals surface area contributed by atoms with E-state index in [2.05, 4.69) is 16.0 Å². The van der Waals surface area contributed by atoms with Gasteiger partial charge in [-0.25, -0.2) is 0 Å². The Labute approximate surface area is 106 Å². The predicted octanol–water partition coefficient (Wildman–Crippen LogP) is 0.764. The zero-order chi connectivity index (χ0) is 13.1. The molecule has 4 N–H and O–H groups in total. The Balaban J connectivity index is 2.22. The second-order valence-corrected chi connectivity index (χ2v) is 4.57. The van der Waals surface area contributed by atoms with Gasteiger partial charge in [0.25, 0.3) is 5.91 Å². The average molecular weight is 246 g/mol. The van der Waals surface area contributed by atoms with E-state index in [0.717, 1.165) is 25.1 Å². The highest BCUT2D eigenvalue weighted by molar-refractivity contribution is 5.96. The number of guanidine groups is 1. The third-order valence-electron chi connectivity index (χ3n) is 3.11. The fraction of sp³-hybridized carbons (Fsp3) is 0.385. The third kappa shape index (κ3) is 2.61. The first-order chi connectivity index (χ1) is 8.58. The standard InChI is InChI=1S/C13H18N4O/c1-9-4-2-5-10(8-9)17-7-3-6-11(17)12(18)16-13(14)15/h2,4-5,8,11H,3,6-7H2,1H3,(H4,14,15,16,18). The molecule has 1 aliphatic heterocycles. The normalized spacial score (nSPS) is 18.7. The Morgan fingerprint density at radius 1 is 1.44 bits per heavy atom. The molecule has 1 fully saturated rings. The molecule has 96 valence electrons. The lowest BCUT2D eigenvalue weighted by molar-refractivity contribution is -0.118.